The van der Waals surface area contributed by atoms with Gasteiger partial charge in [-0.3, -0.25) is 14.0 Å². The molecular formula is C27H27FN4O2. The Hall–Kier alpha value is -4.00. The molecule has 34 heavy (non-hydrogen) atoms. The van der Waals surface area contributed by atoms with Crippen molar-refractivity contribution in [3.63, 3.8) is 0 Å². The van der Waals surface area contributed by atoms with E-state index in [0.717, 1.165) is 12.0 Å². The number of fused-ring (bicyclic) bond motifs is 1. The molecule has 2 amide bonds. The lowest BCUT2D eigenvalue weighted by atomic mass is 10.0. The van der Waals surface area contributed by atoms with Crippen molar-refractivity contribution in [2.75, 3.05) is 11.9 Å². The quantitative estimate of drug-likeness (QED) is 0.411. The summed E-state index contributed by atoms with van der Waals surface area (Å²) in [6.07, 6.45) is 4.07. The molecule has 2 aromatic heterocycles. The molecule has 0 bridgehead atoms. The van der Waals surface area contributed by atoms with Gasteiger partial charge in [0.15, 0.2) is 0 Å². The lowest BCUT2D eigenvalue weighted by Gasteiger charge is -2.15. The van der Waals surface area contributed by atoms with Crippen molar-refractivity contribution in [2.24, 2.45) is 5.92 Å². The van der Waals surface area contributed by atoms with Crippen LogP contribution in [0.15, 0.2) is 67.0 Å². The highest BCUT2D eigenvalue weighted by atomic mass is 19.1. The molecule has 4 rings (SSSR count). The Morgan fingerprint density at radius 3 is 2.59 bits per heavy atom. The molecule has 4 aromatic rings. The second-order valence-corrected chi connectivity index (χ2v) is 8.68. The first-order chi connectivity index (χ1) is 16.3. The number of amides is 2. The summed E-state index contributed by atoms with van der Waals surface area (Å²) in [4.78, 5) is 29.9. The minimum Gasteiger partial charge on any atom is -0.352 e. The highest BCUT2D eigenvalue weighted by Crippen LogP contribution is 2.21. The fraction of sp³-hybridized carbons (Fsp3) is 0.222. The summed E-state index contributed by atoms with van der Waals surface area (Å²) >= 11 is 0. The van der Waals surface area contributed by atoms with Gasteiger partial charge in [0.05, 0.1) is 11.9 Å². The summed E-state index contributed by atoms with van der Waals surface area (Å²) in [6.45, 7) is 6.12. The fourth-order valence-electron chi connectivity index (χ4n) is 3.91. The summed E-state index contributed by atoms with van der Waals surface area (Å²) in [6, 6.07) is 16.4. The van der Waals surface area contributed by atoms with Crippen LogP contribution in [0, 0.1) is 25.6 Å². The predicted molar refractivity (Wildman–Crippen MR) is 131 cm³/mol. The third-order valence-corrected chi connectivity index (χ3v) is 5.73. The number of imidazole rings is 1. The van der Waals surface area contributed by atoms with E-state index in [1.807, 2.05) is 31.2 Å². The van der Waals surface area contributed by atoms with Crippen molar-refractivity contribution in [1.29, 1.82) is 0 Å². The van der Waals surface area contributed by atoms with Crippen molar-refractivity contribution < 1.29 is 14.0 Å². The largest absolute Gasteiger partial charge is 0.352 e. The van der Waals surface area contributed by atoms with E-state index in [1.54, 1.807) is 23.6 Å². The average molecular weight is 459 g/mol. The van der Waals surface area contributed by atoms with Gasteiger partial charge in [0, 0.05) is 18.3 Å². The van der Waals surface area contributed by atoms with Crippen LogP contribution in [0.1, 0.15) is 44.5 Å². The molecule has 2 aromatic carbocycles. The first kappa shape index (κ1) is 23.2. The minimum atomic E-state index is -0.607. The zero-order valence-corrected chi connectivity index (χ0v) is 19.4. The van der Waals surface area contributed by atoms with Crippen LogP contribution >= 0.6 is 0 Å². The number of aryl methyl sites for hydroxylation is 2. The Kier molecular flexibility index (Phi) is 6.72. The van der Waals surface area contributed by atoms with Crippen LogP contribution in [0.3, 0.4) is 0 Å². The number of rotatable bonds is 7. The van der Waals surface area contributed by atoms with Gasteiger partial charge in [-0.2, -0.15) is 0 Å². The Morgan fingerprint density at radius 1 is 1.06 bits per heavy atom. The molecule has 0 saturated carbocycles. The molecule has 2 heterocycles. The number of carbonyl (C=O) groups excluding carboxylic acids is 2. The van der Waals surface area contributed by atoms with Gasteiger partial charge in [-0.15, -0.1) is 0 Å². The normalized spacial score (nSPS) is 11.9. The summed E-state index contributed by atoms with van der Waals surface area (Å²) in [7, 11) is 0. The van der Waals surface area contributed by atoms with E-state index in [9.17, 15) is 14.0 Å². The molecule has 7 heteroatoms. The van der Waals surface area contributed by atoms with Crippen molar-refractivity contribution in [1.82, 2.24) is 14.7 Å². The van der Waals surface area contributed by atoms with Gasteiger partial charge in [-0.25, -0.2) is 9.37 Å². The second-order valence-electron chi connectivity index (χ2n) is 8.68. The molecule has 0 aliphatic carbocycles. The Labute approximate surface area is 197 Å². The van der Waals surface area contributed by atoms with Crippen LogP contribution in [0.2, 0.25) is 0 Å². The number of pyridine rings is 1. The topological polar surface area (TPSA) is 75.5 Å². The third kappa shape index (κ3) is 5.14. The van der Waals surface area contributed by atoms with E-state index in [-0.39, 0.29) is 23.2 Å². The van der Waals surface area contributed by atoms with Gasteiger partial charge < -0.3 is 10.6 Å². The summed E-state index contributed by atoms with van der Waals surface area (Å²) in [5.74, 6) is -1.20. The van der Waals surface area contributed by atoms with E-state index >= 15 is 0 Å². The fourth-order valence-corrected chi connectivity index (χ4v) is 3.91. The molecule has 174 valence electrons. The van der Waals surface area contributed by atoms with Crippen LogP contribution in [0.25, 0.3) is 5.65 Å². The highest BCUT2D eigenvalue weighted by molar-refractivity contribution is 6.04. The summed E-state index contributed by atoms with van der Waals surface area (Å²) in [5, 5.41) is 5.52. The molecule has 1 unspecified atom stereocenters. The smallest absolute Gasteiger partial charge is 0.274 e. The van der Waals surface area contributed by atoms with Gasteiger partial charge in [-0.05, 0) is 61.1 Å². The van der Waals surface area contributed by atoms with Crippen molar-refractivity contribution in [3.8, 4) is 0 Å². The van der Waals surface area contributed by atoms with Gasteiger partial charge in [0.25, 0.3) is 11.8 Å². The second kappa shape index (κ2) is 9.87. The van der Waals surface area contributed by atoms with Gasteiger partial charge >= 0.3 is 0 Å². The lowest BCUT2D eigenvalue weighted by molar-refractivity contribution is 0.0946. The molecule has 1 atom stereocenters. The number of benzene rings is 2. The number of nitrogens with one attached hydrogen (secondary N) is 2. The van der Waals surface area contributed by atoms with Crippen molar-refractivity contribution in [2.45, 2.75) is 27.2 Å². The van der Waals surface area contributed by atoms with E-state index in [0.29, 0.717) is 23.3 Å². The summed E-state index contributed by atoms with van der Waals surface area (Å²) < 4.78 is 16.3. The number of halogens is 1. The first-order valence-corrected chi connectivity index (χ1v) is 11.2. The zero-order valence-electron chi connectivity index (χ0n) is 19.4. The van der Waals surface area contributed by atoms with Gasteiger partial charge in [0.2, 0.25) is 0 Å². The number of hydrogen-bond donors (Lipinski definition) is 2. The van der Waals surface area contributed by atoms with E-state index in [1.165, 1.54) is 23.9 Å². The highest BCUT2D eigenvalue weighted by Gasteiger charge is 2.18. The maximum atomic E-state index is 14.7. The lowest BCUT2D eigenvalue weighted by Crippen LogP contribution is -2.29. The minimum absolute atomic E-state index is 0.0549. The van der Waals surface area contributed by atoms with Gasteiger partial charge in [-0.1, -0.05) is 43.3 Å². The molecular weight excluding hydrogens is 431 g/mol. The number of anilines is 1. The van der Waals surface area contributed by atoms with Crippen LogP contribution in [-0.2, 0) is 6.42 Å². The van der Waals surface area contributed by atoms with E-state index in [4.69, 9.17) is 0 Å². The molecule has 6 nitrogen and oxygen atoms in total. The van der Waals surface area contributed by atoms with E-state index in [2.05, 4.69) is 34.7 Å². The van der Waals surface area contributed by atoms with Crippen LogP contribution < -0.4 is 10.6 Å². The van der Waals surface area contributed by atoms with Crippen LogP contribution in [-0.4, -0.2) is 27.7 Å². The summed E-state index contributed by atoms with van der Waals surface area (Å²) in [5.41, 5.74) is 3.81. The molecule has 0 radical (unpaired) electrons. The SMILES string of the molecule is Cc1ccc2ncc(C(=O)Nc3cc(C(=O)NCC(C)Cc4ccccc4)c(C)cc3F)n2c1. The van der Waals surface area contributed by atoms with Crippen LogP contribution in [0.5, 0.6) is 0 Å². The van der Waals surface area contributed by atoms with Gasteiger partial charge in [0.1, 0.15) is 17.2 Å². The number of nitrogens with zero attached hydrogens (tertiary/aromatic N) is 2. The Balaban J connectivity index is 1.47. The number of carbonyl (C=O) groups is 2. The predicted octanol–water partition coefficient (Wildman–Crippen LogP) is 4.95. The zero-order chi connectivity index (χ0) is 24.2. The van der Waals surface area contributed by atoms with Crippen LogP contribution in [0.4, 0.5) is 10.1 Å². The van der Waals surface area contributed by atoms with Crippen molar-refractivity contribution in [3.05, 3.63) is 101 Å². The molecule has 0 saturated heterocycles. The Bertz CT molecular complexity index is 1350. The third-order valence-electron chi connectivity index (χ3n) is 5.73. The monoisotopic (exact) mass is 458 g/mol. The molecule has 0 fully saturated rings. The standard InChI is InChI=1S/C27H27FN4O2/c1-17-9-10-25-29-15-24(32(25)16-17)27(34)31-23-13-21(19(3)12-22(23)28)26(33)30-14-18(2)11-20-7-5-4-6-8-20/h4-10,12-13,15-16,18H,11,14H2,1-3H3,(H,30,33)(H,31,34). The average Bonchev–Trinajstić information content (AvgIpc) is 3.23. The first-order valence-electron chi connectivity index (χ1n) is 11.2. The molecule has 2 N–H and O–H groups in total. The van der Waals surface area contributed by atoms with E-state index < -0.39 is 11.7 Å². The maximum absolute atomic E-state index is 14.7. The van der Waals surface area contributed by atoms with Crippen molar-refractivity contribution >= 4 is 23.1 Å². The molecule has 0 spiro atoms. The Morgan fingerprint density at radius 2 is 1.82 bits per heavy atom. The molecule has 0 aliphatic rings. The number of aromatic nitrogens is 2. The number of hydrogen-bond acceptors (Lipinski definition) is 3. The maximum Gasteiger partial charge on any atom is 0.274 e. The molecule has 0 aliphatic heterocycles.